The fourth-order valence-electron chi connectivity index (χ4n) is 1.68. The lowest BCUT2D eigenvalue weighted by Gasteiger charge is -2.14. The van der Waals surface area contributed by atoms with E-state index in [1.807, 2.05) is 0 Å². The van der Waals surface area contributed by atoms with Crippen molar-refractivity contribution in [1.29, 1.82) is 0 Å². The molecule has 100 valence electrons. The van der Waals surface area contributed by atoms with Crippen LogP contribution < -0.4 is 5.32 Å². The Bertz CT molecular complexity index is 577. The standard InChI is InChI=1S/C14H12BrF2NO/c15-11-6-5-9(7-13(11)17)18-8-14(19)10-3-1-2-4-12(10)16/h1-7,14,18-19H,8H2. The van der Waals surface area contributed by atoms with Gasteiger partial charge in [-0.2, -0.15) is 0 Å². The molecule has 0 saturated carbocycles. The SMILES string of the molecule is OC(CNc1ccc(Br)c(F)c1)c1ccccc1F. The fraction of sp³-hybridized carbons (Fsp3) is 0.143. The van der Waals surface area contributed by atoms with Gasteiger partial charge in [0, 0.05) is 17.8 Å². The van der Waals surface area contributed by atoms with Crippen molar-refractivity contribution in [1.82, 2.24) is 0 Å². The van der Waals surface area contributed by atoms with E-state index in [4.69, 9.17) is 0 Å². The zero-order chi connectivity index (χ0) is 13.8. The van der Waals surface area contributed by atoms with Gasteiger partial charge in [0.25, 0.3) is 0 Å². The smallest absolute Gasteiger partial charge is 0.139 e. The maximum atomic E-state index is 13.4. The third-order valence-electron chi connectivity index (χ3n) is 2.68. The maximum absolute atomic E-state index is 13.4. The predicted molar refractivity (Wildman–Crippen MR) is 73.9 cm³/mol. The van der Waals surface area contributed by atoms with Gasteiger partial charge in [0.1, 0.15) is 11.6 Å². The molecule has 5 heteroatoms. The molecule has 0 aliphatic heterocycles. The van der Waals surface area contributed by atoms with E-state index in [0.717, 1.165) is 0 Å². The summed E-state index contributed by atoms with van der Waals surface area (Å²) in [5.74, 6) is -0.857. The first kappa shape index (κ1) is 14.0. The molecule has 0 bridgehead atoms. The van der Waals surface area contributed by atoms with E-state index in [1.165, 1.54) is 18.2 Å². The van der Waals surface area contributed by atoms with Crippen molar-refractivity contribution in [2.45, 2.75) is 6.10 Å². The van der Waals surface area contributed by atoms with E-state index in [1.54, 1.807) is 24.3 Å². The minimum absolute atomic E-state index is 0.0992. The van der Waals surface area contributed by atoms with Crippen LogP contribution >= 0.6 is 15.9 Å². The van der Waals surface area contributed by atoms with Crippen LogP contribution in [0.3, 0.4) is 0 Å². The molecule has 0 aromatic heterocycles. The number of hydrogen-bond donors (Lipinski definition) is 2. The van der Waals surface area contributed by atoms with Gasteiger partial charge in [0.2, 0.25) is 0 Å². The molecule has 0 aliphatic rings. The second kappa shape index (κ2) is 6.12. The summed E-state index contributed by atoms with van der Waals surface area (Å²) in [4.78, 5) is 0. The van der Waals surface area contributed by atoms with Crippen LogP contribution in [0, 0.1) is 11.6 Å². The second-order valence-electron chi connectivity index (χ2n) is 4.05. The summed E-state index contributed by atoms with van der Waals surface area (Å²) in [6.07, 6.45) is -0.993. The minimum atomic E-state index is -0.993. The third-order valence-corrected chi connectivity index (χ3v) is 3.33. The molecule has 0 radical (unpaired) electrons. The monoisotopic (exact) mass is 327 g/mol. The summed E-state index contributed by atoms with van der Waals surface area (Å²) < 4.78 is 27.1. The van der Waals surface area contributed by atoms with Gasteiger partial charge in [-0.3, -0.25) is 0 Å². The van der Waals surface area contributed by atoms with Crippen molar-refractivity contribution in [2.24, 2.45) is 0 Å². The molecule has 0 fully saturated rings. The molecule has 0 aliphatic carbocycles. The lowest BCUT2D eigenvalue weighted by atomic mass is 10.1. The Kier molecular flexibility index (Phi) is 4.50. The highest BCUT2D eigenvalue weighted by molar-refractivity contribution is 9.10. The molecular weight excluding hydrogens is 316 g/mol. The van der Waals surface area contributed by atoms with E-state index < -0.39 is 17.7 Å². The molecule has 2 nitrogen and oxygen atoms in total. The molecule has 2 N–H and O–H groups in total. The first-order valence-electron chi connectivity index (χ1n) is 5.69. The van der Waals surface area contributed by atoms with Crippen LogP contribution in [0.5, 0.6) is 0 Å². The summed E-state index contributed by atoms with van der Waals surface area (Å²) >= 11 is 3.05. The Hall–Kier alpha value is -1.46. The molecule has 0 saturated heterocycles. The molecule has 2 aromatic rings. The summed E-state index contributed by atoms with van der Waals surface area (Å²) in [6.45, 7) is 0.0992. The molecular formula is C14H12BrF2NO. The quantitative estimate of drug-likeness (QED) is 0.893. The minimum Gasteiger partial charge on any atom is -0.386 e. The zero-order valence-corrected chi connectivity index (χ0v) is 11.5. The number of benzene rings is 2. The number of anilines is 1. The predicted octanol–water partition coefficient (Wildman–Crippen LogP) is 3.87. The van der Waals surface area contributed by atoms with Crippen LogP contribution in [-0.4, -0.2) is 11.7 Å². The van der Waals surface area contributed by atoms with Gasteiger partial charge < -0.3 is 10.4 Å². The van der Waals surface area contributed by atoms with Crippen LogP contribution in [0.1, 0.15) is 11.7 Å². The Labute approximate surface area is 118 Å². The largest absolute Gasteiger partial charge is 0.386 e. The molecule has 0 amide bonds. The van der Waals surface area contributed by atoms with E-state index in [2.05, 4.69) is 21.2 Å². The number of aliphatic hydroxyl groups is 1. The van der Waals surface area contributed by atoms with E-state index in [0.29, 0.717) is 10.2 Å². The Morgan fingerprint density at radius 2 is 1.84 bits per heavy atom. The van der Waals surface area contributed by atoms with E-state index >= 15 is 0 Å². The lowest BCUT2D eigenvalue weighted by molar-refractivity contribution is 0.186. The number of aliphatic hydroxyl groups excluding tert-OH is 1. The van der Waals surface area contributed by atoms with Crippen molar-refractivity contribution >= 4 is 21.6 Å². The average molecular weight is 328 g/mol. The first-order chi connectivity index (χ1) is 9.08. The summed E-state index contributed by atoms with van der Waals surface area (Å²) in [7, 11) is 0. The lowest BCUT2D eigenvalue weighted by Crippen LogP contribution is -2.13. The number of rotatable bonds is 4. The Morgan fingerprint density at radius 1 is 1.11 bits per heavy atom. The van der Waals surface area contributed by atoms with Crippen molar-refractivity contribution < 1.29 is 13.9 Å². The molecule has 19 heavy (non-hydrogen) atoms. The maximum Gasteiger partial charge on any atom is 0.139 e. The normalized spacial score (nSPS) is 12.2. The number of nitrogens with one attached hydrogen (secondary N) is 1. The van der Waals surface area contributed by atoms with Crippen molar-refractivity contribution in [3.8, 4) is 0 Å². The van der Waals surface area contributed by atoms with Crippen LogP contribution in [0.2, 0.25) is 0 Å². The van der Waals surface area contributed by atoms with Crippen LogP contribution in [0.15, 0.2) is 46.9 Å². The third kappa shape index (κ3) is 3.52. The molecule has 1 unspecified atom stereocenters. The van der Waals surface area contributed by atoms with Gasteiger partial charge in [-0.1, -0.05) is 18.2 Å². The Morgan fingerprint density at radius 3 is 2.53 bits per heavy atom. The topological polar surface area (TPSA) is 32.3 Å². The van der Waals surface area contributed by atoms with Gasteiger partial charge in [-0.05, 0) is 40.2 Å². The Balaban J connectivity index is 2.02. The van der Waals surface area contributed by atoms with Crippen LogP contribution in [0.4, 0.5) is 14.5 Å². The number of halogens is 3. The van der Waals surface area contributed by atoms with E-state index in [9.17, 15) is 13.9 Å². The molecule has 2 aromatic carbocycles. The highest BCUT2D eigenvalue weighted by Gasteiger charge is 2.12. The molecule has 2 rings (SSSR count). The van der Waals surface area contributed by atoms with Gasteiger partial charge in [0.15, 0.2) is 0 Å². The molecule has 0 heterocycles. The second-order valence-corrected chi connectivity index (χ2v) is 4.90. The van der Waals surface area contributed by atoms with Gasteiger partial charge in [0.05, 0.1) is 10.6 Å². The first-order valence-corrected chi connectivity index (χ1v) is 6.48. The van der Waals surface area contributed by atoms with Gasteiger partial charge in [-0.25, -0.2) is 8.78 Å². The fourth-order valence-corrected chi connectivity index (χ4v) is 1.92. The van der Waals surface area contributed by atoms with Crippen LogP contribution in [0.25, 0.3) is 0 Å². The van der Waals surface area contributed by atoms with Crippen molar-refractivity contribution in [2.75, 3.05) is 11.9 Å². The van der Waals surface area contributed by atoms with Crippen LogP contribution in [-0.2, 0) is 0 Å². The molecule has 0 spiro atoms. The summed E-state index contributed by atoms with van der Waals surface area (Å²) in [5.41, 5.74) is 0.740. The molecule has 1 atom stereocenters. The zero-order valence-electron chi connectivity index (χ0n) is 9.91. The van der Waals surface area contributed by atoms with Crippen molar-refractivity contribution in [3.63, 3.8) is 0 Å². The van der Waals surface area contributed by atoms with Crippen molar-refractivity contribution in [3.05, 3.63) is 64.1 Å². The highest BCUT2D eigenvalue weighted by atomic mass is 79.9. The van der Waals surface area contributed by atoms with Gasteiger partial charge >= 0.3 is 0 Å². The van der Waals surface area contributed by atoms with E-state index in [-0.39, 0.29) is 12.1 Å². The number of hydrogen-bond acceptors (Lipinski definition) is 2. The summed E-state index contributed by atoms with van der Waals surface area (Å²) in [5, 5.41) is 12.7. The average Bonchev–Trinajstić information content (AvgIpc) is 2.40. The summed E-state index contributed by atoms with van der Waals surface area (Å²) in [6, 6.07) is 10.6. The highest BCUT2D eigenvalue weighted by Crippen LogP contribution is 2.21. The van der Waals surface area contributed by atoms with Gasteiger partial charge in [-0.15, -0.1) is 0 Å².